The van der Waals surface area contributed by atoms with Crippen molar-refractivity contribution in [2.45, 2.75) is 6.04 Å². The van der Waals surface area contributed by atoms with Gasteiger partial charge in [-0.3, -0.25) is 4.68 Å². The lowest BCUT2D eigenvalue weighted by atomic mass is 10.1. The molecule has 134 valence electrons. The summed E-state index contributed by atoms with van der Waals surface area (Å²) in [5.41, 5.74) is 3.63. The SMILES string of the molecule is COC(=O)C(c1ccccc1)n1cc2cc(Nc3ccccc3)ccc2n1. The van der Waals surface area contributed by atoms with E-state index in [1.807, 2.05) is 85.1 Å². The second kappa shape index (κ2) is 7.33. The van der Waals surface area contributed by atoms with Crippen LogP contribution in [0.1, 0.15) is 11.6 Å². The average molecular weight is 357 g/mol. The molecule has 0 saturated heterocycles. The van der Waals surface area contributed by atoms with Crippen LogP contribution in [0.2, 0.25) is 0 Å². The van der Waals surface area contributed by atoms with E-state index in [0.29, 0.717) is 0 Å². The fourth-order valence-corrected chi connectivity index (χ4v) is 3.09. The van der Waals surface area contributed by atoms with E-state index in [1.54, 1.807) is 4.68 Å². The number of aromatic nitrogens is 2. The average Bonchev–Trinajstić information content (AvgIpc) is 3.12. The number of nitrogens with zero attached hydrogens (tertiary/aromatic N) is 2. The van der Waals surface area contributed by atoms with Crippen molar-refractivity contribution in [1.29, 1.82) is 0 Å². The number of benzene rings is 3. The quantitative estimate of drug-likeness (QED) is 0.533. The van der Waals surface area contributed by atoms with E-state index in [9.17, 15) is 4.79 Å². The summed E-state index contributed by atoms with van der Waals surface area (Å²) in [6.07, 6.45) is 1.88. The molecule has 1 unspecified atom stereocenters. The molecule has 4 rings (SSSR count). The molecule has 0 spiro atoms. The molecule has 0 saturated carbocycles. The van der Waals surface area contributed by atoms with Gasteiger partial charge in [-0.1, -0.05) is 48.5 Å². The summed E-state index contributed by atoms with van der Waals surface area (Å²) in [5, 5.41) is 8.91. The maximum Gasteiger partial charge on any atom is 0.335 e. The van der Waals surface area contributed by atoms with Crippen molar-refractivity contribution in [3.05, 3.63) is 90.6 Å². The zero-order chi connectivity index (χ0) is 18.6. The van der Waals surface area contributed by atoms with Crippen molar-refractivity contribution in [2.75, 3.05) is 12.4 Å². The van der Waals surface area contributed by atoms with E-state index in [-0.39, 0.29) is 5.97 Å². The van der Waals surface area contributed by atoms with E-state index in [4.69, 9.17) is 4.74 Å². The third-order valence-corrected chi connectivity index (χ3v) is 4.39. The molecule has 1 atom stereocenters. The molecule has 1 aromatic heterocycles. The molecule has 27 heavy (non-hydrogen) atoms. The van der Waals surface area contributed by atoms with Gasteiger partial charge < -0.3 is 10.1 Å². The minimum Gasteiger partial charge on any atom is -0.467 e. The number of carbonyl (C=O) groups is 1. The summed E-state index contributed by atoms with van der Waals surface area (Å²) >= 11 is 0. The summed E-state index contributed by atoms with van der Waals surface area (Å²) in [6.45, 7) is 0. The summed E-state index contributed by atoms with van der Waals surface area (Å²) in [4.78, 5) is 12.4. The van der Waals surface area contributed by atoms with E-state index < -0.39 is 6.04 Å². The van der Waals surface area contributed by atoms with Crippen LogP contribution in [-0.4, -0.2) is 22.9 Å². The Morgan fingerprint density at radius 1 is 0.963 bits per heavy atom. The minimum atomic E-state index is -0.617. The molecule has 5 nitrogen and oxygen atoms in total. The summed E-state index contributed by atoms with van der Waals surface area (Å²) in [5.74, 6) is -0.350. The first-order valence-corrected chi connectivity index (χ1v) is 8.68. The highest BCUT2D eigenvalue weighted by Gasteiger charge is 2.24. The van der Waals surface area contributed by atoms with Crippen molar-refractivity contribution in [2.24, 2.45) is 0 Å². The Morgan fingerprint density at radius 3 is 2.37 bits per heavy atom. The van der Waals surface area contributed by atoms with Crippen molar-refractivity contribution in [3.63, 3.8) is 0 Å². The number of nitrogens with one attached hydrogen (secondary N) is 1. The minimum absolute atomic E-state index is 0.350. The lowest BCUT2D eigenvalue weighted by molar-refractivity contribution is -0.143. The molecule has 5 heteroatoms. The van der Waals surface area contributed by atoms with Crippen LogP contribution in [0.3, 0.4) is 0 Å². The van der Waals surface area contributed by atoms with Gasteiger partial charge in [0.05, 0.1) is 12.6 Å². The van der Waals surface area contributed by atoms with Gasteiger partial charge >= 0.3 is 5.97 Å². The second-order valence-corrected chi connectivity index (χ2v) is 6.21. The number of anilines is 2. The smallest absolute Gasteiger partial charge is 0.335 e. The van der Waals surface area contributed by atoms with Gasteiger partial charge in [-0.15, -0.1) is 0 Å². The molecule has 4 aromatic rings. The number of para-hydroxylation sites is 1. The first-order chi connectivity index (χ1) is 13.2. The molecule has 0 fully saturated rings. The Kier molecular flexibility index (Phi) is 4.58. The molecule has 0 radical (unpaired) electrons. The van der Waals surface area contributed by atoms with Crippen LogP contribution in [0.15, 0.2) is 85.1 Å². The van der Waals surface area contributed by atoms with Gasteiger partial charge in [0.25, 0.3) is 0 Å². The van der Waals surface area contributed by atoms with E-state index in [1.165, 1.54) is 7.11 Å². The third-order valence-electron chi connectivity index (χ3n) is 4.39. The van der Waals surface area contributed by atoms with Crippen LogP contribution in [0, 0.1) is 0 Å². The van der Waals surface area contributed by atoms with Crippen LogP contribution < -0.4 is 5.32 Å². The lowest BCUT2D eigenvalue weighted by Gasteiger charge is -2.15. The summed E-state index contributed by atoms with van der Waals surface area (Å²) in [6, 6.07) is 24.8. The predicted molar refractivity (Wildman–Crippen MR) is 106 cm³/mol. The van der Waals surface area contributed by atoms with Gasteiger partial charge in [-0.05, 0) is 35.9 Å². The standard InChI is InChI=1S/C22H19N3O2/c1-27-22(26)21(16-8-4-2-5-9-16)25-15-17-14-19(12-13-20(17)24-25)23-18-10-6-3-7-11-18/h2-15,21,23H,1H3. The van der Waals surface area contributed by atoms with Crippen molar-refractivity contribution in [1.82, 2.24) is 9.78 Å². The Labute approximate surface area is 157 Å². The Hall–Kier alpha value is -3.60. The van der Waals surface area contributed by atoms with Crippen molar-refractivity contribution >= 4 is 28.2 Å². The zero-order valence-electron chi connectivity index (χ0n) is 14.9. The maximum atomic E-state index is 12.4. The fourth-order valence-electron chi connectivity index (χ4n) is 3.09. The number of methoxy groups -OCH3 is 1. The van der Waals surface area contributed by atoms with Gasteiger partial charge in [0.15, 0.2) is 6.04 Å². The van der Waals surface area contributed by atoms with E-state index >= 15 is 0 Å². The molecule has 0 bridgehead atoms. The molecular formula is C22H19N3O2. The zero-order valence-corrected chi connectivity index (χ0v) is 14.9. The van der Waals surface area contributed by atoms with Crippen molar-refractivity contribution in [3.8, 4) is 0 Å². The van der Waals surface area contributed by atoms with Gasteiger partial charge in [0.2, 0.25) is 0 Å². The number of hydrogen-bond acceptors (Lipinski definition) is 4. The number of ether oxygens (including phenoxy) is 1. The highest BCUT2D eigenvalue weighted by Crippen LogP contribution is 2.25. The molecule has 1 N–H and O–H groups in total. The molecular weight excluding hydrogens is 338 g/mol. The molecule has 0 aliphatic carbocycles. The number of esters is 1. The van der Waals surface area contributed by atoms with Crippen LogP contribution in [-0.2, 0) is 9.53 Å². The molecule has 0 aliphatic heterocycles. The largest absolute Gasteiger partial charge is 0.467 e. The van der Waals surface area contributed by atoms with Crippen molar-refractivity contribution < 1.29 is 9.53 Å². The molecule has 3 aromatic carbocycles. The van der Waals surface area contributed by atoms with Gasteiger partial charge in [-0.2, -0.15) is 5.10 Å². The Morgan fingerprint density at radius 2 is 1.67 bits per heavy atom. The topological polar surface area (TPSA) is 56.1 Å². The fraction of sp³-hybridized carbons (Fsp3) is 0.0909. The first kappa shape index (κ1) is 16.8. The number of hydrogen-bond donors (Lipinski definition) is 1. The normalized spacial score (nSPS) is 11.9. The third kappa shape index (κ3) is 3.53. The number of fused-ring (bicyclic) bond motifs is 1. The number of rotatable bonds is 5. The highest BCUT2D eigenvalue weighted by atomic mass is 16.5. The van der Waals surface area contributed by atoms with E-state index in [2.05, 4.69) is 10.4 Å². The first-order valence-electron chi connectivity index (χ1n) is 8.68. The summed E-state index contributed by atoms with van der Waals surface area (Å²) in [7, 11) is 1.39. The Bertz CT molecular complexity index is 1060. The van der Waals surface area contributed by atoms with Crippen LogP contribution in [0.25, 0.3) is 10.9 Å². The predicted octanol–water partition coefficient (Wildman–Crippen LogP) is 4.54. The highest BCUT2D eigenvalue weighted by molar-refractivity contribution is 5.84. The Balaban J connectivity index is 1.70. The van der Waals surface area contributed by atoms with Gasteiger partial charge in [-0.25, -0.2) is 4.79 Å². The van der Waals surface area contributed by atoms with Crippen LogP contribution in [0.4, 0.5) is 11.4 Å². The van der Waals surface area contributed by atoms with Gasteiger partial charge in [0, 0.05) is 23.0 Å². The monoisotopic (exact) mass is 357 g/mol. The van der Waals surface area contributed by atoms with Crippen LogP contribution >= 0.6 is 0 Å². The lowest BCUT2D eigenvalue weighted by Crippen LogP contribution is -2.22. The summed E-state index contributed by atoms with van der Waals surface area (Å²) < 4.78 is 6.67. The molecule has 0 amide bonds. The van der Waals surface area contributed by atoms with Gasteiger partial charge in [0.1, 0.15) is 0 Å². The molecule has 0 aliphatic rings. The van der Waals surface area contributed by atoms with E-state index in [0.717, 1.165) is 27.8 Å². The molecule has 1 heterocycles. The number of carbonyl (C=O) groups excluding carboxylic acids is 1. The maximum absolute atomic E-state index is 12.4. The second-order valence-electron chi connectivity index (χ2n) is 6.21. The van der Waals surface area contributed by atoms with Crippen LogP contribution in [0.5, 0.6) is 0 Å².